The molecular formula is C28H22BrNO5S. The number of hydrogen-bond acceptors (Lipinski definition) is 6. The van der Waals surface area contributed by atoms with Crippen molar-refractivity contribution in [3.05, 3.63) is 116 Å². The number of benzene rings is 3. The van der Waals surface area contributed by atoms with E-state index in [4.69, 9.17) is 9.47 Å². The fraction of sp³-hybridized carbons (Fsp3) is 0.107. The summed E-state index contributed by atoms with van der Waals surface area (Å²) in [6.07, 6.45) is 1.70. The van der Waals surface area contributed by atoms with Gasteiger partial charge in [-0.1, -0.05) is 76.2 Å². The number of nitrogens with zero attached hydrogens (tertiary/aromatic N) is 1. The molecule has 0 saturated heterocycles. The maximum Gasteiger partial charge on any atom is 0.344 e. The number of rotatable bonds is 7. The first kappa shape index (κ1) is 25.5. The van der Waals surface area contributed by atoms with Gasteiger partial charge in [0.2, 0.25) is 0 Å². The fourth-order valence-corrected chi connectivity index (χ4v) is 4.61. The number of carbonyl (C=O) groups is 2. The van der Waals surface area contributed by atoms with E-state index < -0.39 is 11.9 Å². The lowest BCUT2D eigenvalue weighted by Crippen LogP contribution is -2.14. The summed E-state index contributed by atoms with van der Waals surface area (Å²) < 4.78 is 12.1. The average Bonchev–Trinajstić information content (AvgIpc) is 3.19. The minimum Gasteiger partial charge on any atom is -0.506 e. The van der Waals surface area contributed by atoms with Crippen molar-refractivity contribution in [1.29, 1.82) is 0 Å². The number of aliphatic imine (C=N–C) groups is 1. The number of esters is 1. The maximum absolute atomic E-state index is 12.7. The highest BCUT2D eigenvalue weighted by Gasteiger charge is 2.34. The average molecular weight is 564 g/mol. The molecule has 0 aromatic heterocycles. The topological polar surface area (TPSA) is 85.2 Å². The third kappa shape index (κ3) is 6.13. The molecule has 3 aromatic carbocycles. The third-order valence-electron chi connectivity index (χ3n) is 5.11. The number of hydrogen-bond donors (Lipinski definition) is 1. The van der Waals surface area contributed by atoms with Gasteiger partial charge in [-0.05, 0) is 48.9 Å². The van der Waals surface area contributed by atoms with Crippen molar-refractivity contribution in [3.63, 3.8) is 0 Å². The number of carbonyl (C=O) groups excluding carboxylic acids is 2. The summed E-state index contributed by atoms with van der Waals surface area (Å²) >= 11 is 4.45. The molecule has 4 rings (SSSR count). The number of para-hydroxylation sites is 1. The van der Waals surface area contributed by atoms with Crippen LogP contribution in [0.15, 0.2) is 105 Å². The Morgan fingerprint density at radius 1 is 1.00 bits per heavy atom. The number of thioether (sulfide) groups is 1. The molecule has 0 bridgehead atoms. The normalized spacial score (nSPS) is 15.4. The third-order valence-corrected chi connectivity index (χ3v) is 6.66. The second-order valence-corrected chi connectivity index (χ2v) is 9.54. The first-order valence-electron chi connectivity index (χ1n) is 11.1. The van der Waals surface area contributed by atoms with Crippen LogP contribution >= 0.6 is 27.7 Å². The molecule has 36 heavy (non-hydrogen) atoms. The van der Waals surface area contributed by atoms with Gasteiger partial charge >= 0.3 is 5.97 Å². The van der Waals surface area contributed by atoms with Crippen molar-refractivity contribution < 1.29 is 24.2 Å². The Morgan fingerprint density at radius 2 is 1.69 bits per heavy atom. The Labute approximate surface area is 221 Å². The summed E-state index contributed by atoms with van der Waals surface area (Å²) in [6, 6.07) is 23.7. The highest BCUT2D eigenvalue weighted by atomic mass is 79.9. The second kappa shape index (κ2) is 11.9. The Morgan fingerprint density at radius 3 is 2.42 bits per heavy atom. The van der Waals surface area contributed by atoms with Crippen molar-refractivity contribution in [1.82, 2.24) is 0 Å². The molecule has 0 aliphatic carbocycles. The molecular weight excluding hydrogens is 542 g/mol. The first-order chi connectivity index (χ1) is 17.5. The zero-order valence-corrected chi connectivity index (χ0v) is 21.7. The first-order valence-corrected chi connectivity index (χ1v) is 12.7. The molecule has 0 spiro atoms. The smallest absolute Gasteiger partial charge is 0.344 e. The van der Waals surface area contributed by atoms with Crippen LogP contribution in [-0.2, 0) is 16.1 Å². The van der Waals surface area contributed by atoms with Gasteiger partial charge in [-0.3, -0.25) is 4.79 Å². The minimum absolute atomic E-state index is 0.0827. The number of amides is 1. The Bertz CT molecular complexity index is 1360. The van der Waals surface area contributed by atoms with Crippen molar-refractivity contribution in [3.8, 4) is 5.75 Å². The summed E-state index contributed by atoms with van der Waals surface area (Å²) in [5.41, 5.74) is 1.93. The number of halogens is 1. The largest absolute Gasteiger partial charge is 0.506 e. The molecule has 1 aliphatic rings. The quantitative estimate of drug-likeness (QED) is 0.321. The van der Waals surface area contributed by atoms with Crippen molar-refractivity contribution >= 4 is 50.7 Å². The molecule has 1 aliphatic heterocycles. The summed E-state index contributed by atoms with van der Waals surface area (Å²) in [4.78, 5) is 29.8. The van der Waals surface area contributed by atoms with Crippen LogP contribution < -0.4 is 4.74 Å². The second-order valence-electron chi connectivity index (χ2n) is 7.60. The molecule has 0 unspecified atom stereocenters. The van der Waals surface area contributed by atoms with Crippen molar-refractivity contribution in [2.75, 3.05) is 6.61 Å². The molecule has 8 heteroatoms. The molecule has 6 nitrogen and oxygen atoms in total. The van der Waals surface area contributed by atoms with Crippen LogP contribution in [0.4, 0.5) is 0 Å². The van der Waals surface area contributed by atoms with Crippen molar-refractivity contribution in [2.45, 2.75) is 13.5 Å². The SMILES string of the molecule is CCOC(=O)C1=C(O)/C(=C/c2ccccc2OCc2ccc(Br)cc2)SC1=NC(=O)c1ccccc1. The van der Waals surface area contributed by atoms with E-state index in [1.54, 1.807) is 43.3 Å². The van der Waals surface area contributed by atoms with Gasteiger partial charge in [-0.15, -0.1) is 0 Å². The van der Waals surface area contributed by atoms with Gasteiger partial charge in [0.1, 0.15) is 28.7 Å². The standard InChI is InChI=1S/C28H22BrNO5S/c1-2-34-28(33)24-25(31)23(36-27(24)30-26(32)19-8-4-3-5-9-19)16-20-10-6-7-11-22(20)35-17-18-12-14-21(29)15-13-18/h3-16,31H,2,17H2,1H3/b23-16-,30-27?. The molecule has 182 valence electrons. The van der Waals surface area contributed by atoms with Gasteiger partial charge in [-0.25, -0.2) is 9.79 Å². The zero-order valence-electron chi connectivity index (χ0n) is 19.3. The molecule has 1 amide bonds. The van der Waals surface area contributed by atoms with Gasteiger partial charge in [0.25, 0.3) is 5.91 Å². The highest BCUT2D eigenvalue weighted by Crippen LogP contribution is 2.40. The summed E-state index contributed by atoms with van der Waals surface area (Å²) in [5, 5.41) is 11.0. The number of ether oxygens (including phenoxy) is 2. The van der Waals surface area contributed by atoms with Crippen LogP contribution in [0.25, 0.3) is 6.08 Å². The molecule has 1 heterocycles. The van der Waals surface area contributed by atoms with E-state index in [2.05, 4.69) is 20.9 Å². The lowest BCUT2D eigenvalue weighted by Gasteiger charge is -2.10. The van der Waals surface area contributed by atoms with E-state index in [1.807, 2.05) is 48.5 Å². The van der Waals surface area contributed by atoms with E-state index in [9.17, 15) is 14.7 Å². The molecule has 1 N–H and O–H groups in total. The van der Waals surface area contributed by atoms with Crippen LogP contribution in [-0.4, -0.2) is 28.6 Å². The van der Waals surface area contributed by atoms with E-state index in [1.165, 1.54) is 0 Å². The molecule has 0 atom stereocenters. The summed E-state index contributed by atoms with van der Waals surface area (Å²) in [7, 11) is 0. The van der Waals surface area contributed by atoms with E-state index >= 15 is 0 Å². The lowest BCUT2D eigenvalue weighted by molar-refractivity contribution is -0.138. The highest BCUT2D eigenvalue weighted by molar-refractivity contribution is 9.10. The van der Waals surface area contributed by atoms with Crippen LogP contribution in [0.2, 0.25) is 0 Å². The molecule has 0 fully saturated rings. The monoisotopic (exact) mass is 563 g/mol. The molecule has 3 aromatic rings. The Kier molecular flexibility index (Phi) is 8.40. The predicted octanol–water partition coefficient (Wildman–Crippen LogP) is 6.73. The van der Waals surface area contributed by atoms with E-state index in [0.29, 0.717) is 28.4 Å². The van der Waals surface area contributed by atoms with Gasteiger partial charge in [-0.2, -0.15) is 0 Å². The molecule has 0 radical (unpaired) electrons. The van der Waals surface area contributed by atoms with Gasteiger partial charge < -0.3 is 14.6 Å². The van der Waals surface area contributed by atoms with Crippen LogP contribution in [0, 0.1) is 0 Å². The van der Waals surface area contributed by atoms with Gasteiger partial charge in [0.15, 0.2) is 0 Å². The van der Waals surface area contributed by atoms with Crippen LogP contribution in [0.1, 0.15) is 28.4 Å². The van der Waals surface area contributed by atoms with Gasteiger partial charge in [0.05, 0.1) is 11.5 Å². The number of aliphatic hydroxyl groups is 1. The van der Waals surface area contributed by atoms with E-state index in [0.717, 1.165) is 21.8 Å². The minimum atomic E-state index is -0.745. The fourth-order valence-electron chi connectivity index (χ4n) is 3.34. The maximum atomic E-state index is 12.7. The van der Waals surface area contributed by atoms with E-state index in [-0.39, 0.29) is 23.0 Å². The number of aliphatic hydroxyl groups excluding tert-OH is 1. The summed E-state index contributed by atoms with van der Waals surface area (Å²) in [5.74, 6) is -0.956. The van der Waals surface area contributed by atoms with Crippen molar-refractivity contribution in [2.24, 2.45) is 4.99 Å². The molecule has 0 saturated carbocycles. The Hall–Kier alpha value is -3.62. The summed E-state index contributed by atoms with van der Waals surface area (Å²) in [6.45, 7) is 2.14. The Balaban J connectivity index is 1.65. The van der Waals surface area contributed by atoms with Gasteiger partial charge in [0, 0.05) is 15.6 Å². The van der Waals surface area contributed by atoms with Crippen LogP contribution in [0.5, 0.6) is 5.75 Å². The zero-order chi connectivity index (χ0) is 25.5. The van der Waals surface area contributed by atoms with Crippen LogP contribution in [0.3, 0.4) is 0 Å². The predicted molar refractivity (Wildman–Crippen MR) is 145 cm³/mol. The lowest BCUT2D eigenvalue weighted by atomic mass is 10.1.